The molecule has 0 aliphatic heterocycles. The lowest BCUT2D eigenvalue weighted by Gasteiger charge is -2.13. The zero-order chi connectivity index (χ0) is 14.0. The standard InChI is InChI=1S/C13H12F3N2O/c1-9(2)19-11-6-4-3-5-10(11)18-8-7-12(17-18)13(14,15)16/h4-9H,1-2H3. The molecule has 2 rings (SSSR count). The third-order valence-electron chi connectivity index (χ3n) is 2.29. The van der Waals surface area contributed by atoms with Crippen molar-refractivity contribution in [1.82, 2.24) is 9.78 Å². The van der Waals surface area contributed by atoms with E-state index in [-0.39, 0.29) is 6.10 Å². The van der Waals surface area contributed by atoms with Crippen molar-refractivity contribution in [3.05, 3.63) is 42.2 Å². The molecule has 0 bridgehead atoms. The van der Waals surface area contributed by atoms with Gasteiger partial charge in [-0.2, -0.15) is 18.3 Å². The molecule has 0 amide bonds. The van der Waals surface area contributed by atoms with Gasteiger partial charge in [-0.05, 0) is 38.1 Å². The van der Waals surface area contributed by atoms with Crippen LogP contribution in [0.5, 0.6) is 5.75 Å². The van der Waals surface area contributed by atoms with Crippen molar-refractivity contribution in [3.8, 4) is 11.4 Å². The SMILES string of the molecule is CC(C)Oc1cc[c]cc1-n1ccc(C(F)(F)F)n1. The van der Waals surface area contributed by atoms with Crippen LogP contribution in [-0.4, -0.2) is 15.9 Å². The second-order valence-electron chi connectivity index (χ2n) is 4.20. The zero-order valence-corrected chi connectivity index (χ0v) is 10.4. The molecule has 0 aliphatic rings. The molecular formula is C13H12F3N2O. The van der Waals surface area contributed by atoms with Crippen molar-refractivity contribution in [1.29, 1.82) is 0 Å². The van der Waals surface area contributed by atoms with Crippen LogP contribution in [0.4, 0.5) is 13.2 Å². The third-order valence-corrected chi connectivity index (χ3v) is 2.29. The summed E-state index contributed by atoms with van der Waals surface area (Å²) in [5.74, 6) is 0.463. The molecule has 1 aromatic carbocycles. The second-order valence-corrected chi connectivity index (χ2v) is 4.20. The van der Waals surface area contributed by atoms with E-state index in [0.29, 0.717) is 11.4 Å². The molecule has 1 heterocycles. The summed E-state index contributed by atoms with van der Waals surface area (Å²) in [6, 6.07) is 8.53. The lowest BCUT2D eigenvalue weighted by molar-refractivity contribution is -0.141. The van der Waals surface area contributed by atoms with Gasteiger partial charge in [0.1, 0.15) is 11.4 Å². The Labute approximate surface area is 108 Å². The van der Waals surface area contributed by atoms with Gasteiger partial charge in [0.2, 0.25) is 0 Å². The Morgan fingerprint density at radius 1 is 1.32 bits per heavy atom. The minimum atomic E-state index is -4.46. The Kier molecular flexibility index (Phi) is 3.50. The molecule has 1 radical (unpaired) electrons. The average Bonchev–Trinajstić information content (AvgIpc) is 2.77. The van der Waals surface area contributed by atoms with E-state index in [2.05, 4.69) is 11.2 Å². The molecule has 3 nitrogen and oxygen atoms in total. The van der Waals surface area contributed by atoms with Gasteiger partial charge < -0.3 is 4.74 Å². The van der Waals surface area contributed by atoms with Gasteiger partial charge in [0.25, 0.3) is 0 Å². The van der Waals surface area contributed by atoms with E-state index in [0.717, 1.165) is 10.7 Å². The Balaban J connectivity index is 2.39. The van der Waals surface area contributed by atoms with E-state index in [1.165, 1.54) is 12.3 Å². The molecule has 0 fully saturated rings. The van der Waals surface area contributed by atoms with Crippen LogP contribution in [0.2, 0.25) is 0 Å². The zero-order valence-electron chi connectivity index (χ0n) is 10.4. The summed E-state index contributed by atoms with van der Waals surface area (Å²) in [6.07, 6.45) is -3.29. The van der Waals surface area contributed by atoms with Crippen LogP contribution in [0.15, 0.2) is 30.5 Å². The first-order valence-corrected chi connectivity index (χ1v) is 5.68. The summed E-state index contributed by atoms with van der Waals surface area (Å²) >= 11 is 0. The number of halogens is 3. The highest BCUT2D eigenvalue weighted by atomic mass is 19.4. The normalized spacial score (nSPS) is 11.9. The quantitative estimate of drug-likeness (QED) is 0.853. The van der Waals surface area contributed by atoms with Crippen LogP contribution in [0.3, 0.4) is 0 Å². The summed E-state index contributed by atoms with van der Waals surface area (Å²) in [6.45, 7) is 3.68. The van der Waals surface area contributed by atoms with Crippen molar-refractivity contribution in [2.45, 2.75) is 26.1 Å². The molecule has 19 heavy (non-hydrogen) atoms. The smallest absolute Gasteiger partial charge is 0.435 e. The highest BCUT2D eigenvalue weighted by molar-refractivity contribution is 5.45. The number of rotatable bonds is 3. The van der Waals surface area contributed by atoms with Gasteiger partial charge in [-0.15, -0.1) is 0 Å². The molecule has 0 spiro atoms. The molecule has 0 N–H and O–H groups in total. The Hall–Kier alpha value is -1.98. The highest BCUT2D eigenvalue weighted by Crippen LogP contribution is 2.29. The minimum absolute atomic E-state index is 0.0844. The number of ether oxygens (including phenoxy) is 1. The van der Waals surface area contributed by atoms with Crippen LogP contribution < -0.4 is 4.74 Å². The Morgan fingerprint density at radius 2 is 2.05 bits per heavy atom. The maximum Gasteiger partial charge on any atom is 0.435 e. The number of hydrogen-bond acceptors (Lipinski definition) is 2. The molecule has 0 saturated carbocycles. The second kappa shape index (κ2) is 4.95. The minimum Gasteiger partial charge on any atom is -0.489 e. The highest BCUT2D eigenvalue weighted by Gasteiger charge is 2.33. The summed E-state index contributed by atoms with van der Waals surface area (Å²) in [4.78, 5) is 0. The molecule has 6 heteroatoms. The molecule has 0 unspecified atom stereocenters. The van der Waals surface area contributed by atoms with Crippen LogP contribution in [0, 0.1) is 6.07 Å². The number of benzene rings is 1. The predicted octanol–water partition coefficient (Wildman–Crippen LogP) is 3.48. The first-order chi connectivity index (χ1) is 8.88. The first kappa shape index (κ1) is 13.5. The van der Waals surface area contributed by atoms with Gasteiger partial charge in [-0.1, -0.05) is 6.07 Å². The predicted molar refractivity (Wildman–Crippen MR) is 63.2 cm³/mol. The van der Waals surface area contributed by atoms with E-state index in [4.69, 9.17) is 4.74 Å². The van der Waals surface area contributed by atoms with Crippen molar-refractivity contribution < 1.29 is 17.9 Å². The van der Waals surface area contributed by atoms with Crippen LogP contribution in [-0.2, 0) is 6.18 Å². The van der Waals surface area contributed by atoms with Gasteiger partial charge in [-0.3, -0.25) is 0 Å². The fourth-order valence-corrected chi connectivity index (χ4v) is 1.55. The summed E-state index contributed by atoms with van der Waals surface area (Å²) in [5, 5.41) is 3.51. The van der Waals surface area contributed by atoms with Gasteiger partial charge in [-0.25, -0.2) is 4.68 Å². The summed E-state index contributed by atoms with van der Waals surface area (Å²) in [7, 11) is 0. The maximum absolute atomic E-state index is 12.5. The number of hydrogen-bond donors (Lipinski definition) is 0. The number of alkyl halides is 3. The van der Waals surface area contributed by atoms with Crippen LogP contribution in [0.25, 0.3) is 5.69 Å². The number of aromatic nitrogens is 2. The summed E-state index contributed by atoms with van der Waals surface area (Å²) < 4.78 is 44.2. The van der Waals surface area contributed by atoms with E-state index < -0.39 is 11.9 Å². The molecule has 0 aliphatic carbocycles. The average molecular weight is 269 g/mol. The van der Waals surface area contributed by atoms with Gasteiger partial charge in [0, 0.05) is 6.20 Å². The lowest BCUT2D eigenvalue weighted by Crippen LogP contribution is -2.10. The largest absolute Gasteiger partial charge is 0.489 e. The molecular weight excluding hydrogens is 257 g/mol. The summed E-state index contributed by atoms with van der Waals surface area (Å²) in [5.41, 5.74) is -0.515. The van der Waals surface area contributed by atoms with Gasteiger partial charge in [0.05, 0.1) is 6.10 Å². The van der Waals surface area contributed by atoms with Gasteiger partial charge >= 0.3 is 6.18 Å². The fourth-order valence-electron chi connectivity index (χ4n) is 1.55. The molecule has 0 atom stereocenters. The molecule has 0 saturated heterocycles. The van der Waals surface area contributed by atoms with E-state index in [9.17, 15) is 13.2 Å². The van der Waals surface area contributed by atoms with E-state index >= 15 is 0 Å². The van der Waals surface area contributed by atoms with Crippen LogP contribution in [0.1, 0.15) is 19.5 Å². The fraction of sp³-hybridized carbons (Fsp3) is 0.308. The monoisotopic (exact) mass is 269 g/mol. The van der Waals surface area contributed by atoms with Crippen molar-refractivity contribution >= 4 is 0 Å². The van der Waals surface area contributed by atoms with Crippen molar-refractivity contribution in [3.63, 3.8) is 0 Å². The van der Waals surface area contributed by atoms with Crippen molar-refractivity contribution in [2.24, 2.45) is 0 Å². The molecule has 2 aromatic rings. The maximum atomic E-state index is 12.5. The van der Waals surface area contributed by atoms with E-state index in [1.54, 1.807) is 12.1 Å². The van der Waals surface area contributed by atoms with Gasteiger partial charge in [0.15, 0.2) is 5.69 Å². The molecule has 101 valence electrons. The topological polar surface area (TPSA) is 27.1 Å². The van der Waals surface area contributed by atoms with Crippen molar-refractivity contribution in [2.75, 3.05) is 0 Å². The Bertz CT molecular complexity index is 561. The lowest BCUT2D eigenvalue weighted by atomic mass is 10.3. The Morgan fingerprint density at radius 3 is 2.63 bits per heavy atom. The molecule has 1 aromatic heterocycles. The van der Waals surface area contributed by atoms with E-state index in [1.807, 2.05) is 13.8 Å². The van der Waals surface area contributed by atoms with Crippen LogP contribution >= 0.6 is 0 Å². The third kappa shape index (κ3) is 3.07. The first-order valence-electron chi connectivity index (χ1n) is 5.68. The number of nitrogens with zero attached hydrogens (tertiary/aromatic N) is 2.